The fourth-order valence-electron chi connectivity index (χ4n) is 1.95. The minimum atomic E-state index is -0.345. The molecule has 1 aromatic carbocycles. The molecule has 0 amide bonds. The van der Waals surface area contributed by atoms with Crippen LogP contribution in [0.1, 0.15) is 0 Å². The fourth-order valence-corrected chi connectivity index (χ4v) is 2.32. The van der Waals surface area contributed by atoms with Crippen molar-refractivity contribution in [3.63, 3.8) is 0 Å². The maximum atomic E-state index is 13.3. The molecule has 0 radical (unpaired) electrons. The Hall–Kier alpha value is -2.15. The van der Waals surface area contributed by atoms with Crippen molar-refractivity contribution < 1.29 is 9.13 Å². The third-order valence-electron chi connectivity index (χ3n) is 2.88. The molecule has 102 valence electrons. The number of benzene rings is 1. The third-order valence-corrected chi connectivity index (χ3v) is 3.48. The molecule has 0 saturated carbocycles. The van der Waals surface area contributed by atoms with E-state index in [0.717, 1.165) is 0 Å². The highest BCUT2D eigenvalue weighted by Crippen LogP contribution is 2.26. The molecule has 0 aliphatic heterocycles. The first-order chi connectivity index (χ1) is 9.60. The van der Waals surface area contributed by atoms with E-state index in [2.05, 4.69) is 25.9 Å². The van der Waals surface area contributed by atoms with Crippen LogP contribution < -0.4 is 10.5 Å². The number of nitrogen functional groups attached to an aromatic ring is 1. The van der Waals surface area contributed by atoms with Gasteiger partial charge < -0.3 is 10.5 Å². The number of nitrogens with zero attached hydrogens (tertiary/aromatic N) is 3. The average Bonchev–Trinajstić information content (AvgIpc) is 2.77. The number of halogens is 2. The van der Waals surface area contributed by atoms with Crippen molar-refractivity contribution >= 4 is 33.0 Å². The Kier molecular flexibility index (Phi) is 3.06. The Bertz CT molecular complexity index is 802. The van der Waals surface area contributed by atoms with Gasteiger partial charge in [0.15, 0.2) is 5.65 Å². The molecule has 3 aromatic rings. The first kappa shape index (κ1) is 12.9. The van der Waals surface area contributed by atoms with E-state index in [1.165, 1.54) is 13.2 Å². The molecule has 0 fully saturated rings. The van der Waals surface area contributed by atoms with Gasteiger partial charge in [-0.05, 0) is 40.2 Å². The first-order valence-electron chi connectivity index (χ1n) is 5.74. The van der Waals surface area contributed by atoms with Gasteiger partial charge in [-0.1, -0.05) is 0 Å². The van der Waals surface area contributed by atoms with Crippen molar-refractivity contribution in [1.82, 2.24) is 14.5 Å². The van der Waals surface area contributed by atoms with Crippen LogP contribution in [0.5, 0.6) is 5.88 Å². The summed E-state index contributed by atoms with van der Waals surface area (Å²) in [5.41, 5.74) is 7.79. The van der Waals surface area contributed by atoms with Gasteiger partial charge in [-0.2, -0.15) is 4.98 Å². The highest BCUT2D eigenvalue weighted by atomic mass is 79.9. The first-order valence-corrected chi connectivity index (χ1v) is 6.54. The summed E-state index contributed by atoms with van der Waals surface area (Å²) in [5.74, 6) is 0.390. The molecule has 0 aliphatic carbocycles. The monoisotopic (exact) mass is 336 g/mol. The lowest BCUT2D eigenvalue weighted by atomic mass is 10.3. The molecule has 5 nitrogen and oxygen atoms in total. The van der Waals surface area contributed by atoms with Gasteiger partial charge in [-0.3, -0.25) is 4.57 Å². The smallest absolute Gasteiger partial charge is 0.215 e. The number of nitrogens with two attached hydrogens (primary N) is 1. The molecule has 0 bridgehead atoms. The SMILES string of the molecule is COc1ccc2nc(N)n(-c3ccc(F)c(Br)c3)c2n1. The molecule has 0 aliphatic rings. The number of methoxy groups -OCH3 is 1. The summed E-state index contributed by atoms with van der Waals surface area (Å²) in [7, 11) is 1.53. The molecule has 2 N–H and O–H groups in total. The maximum Gasteiger partial charge on any atom is 0.215 e. The van der Waals surface area contributed by atoms with Crippen molar-refractivity contribution in [2.24, 2.45) is 0 Å². The average molecular weight is 337 g/mol. The summed E-state index contributed by atoms with van der Waals surface area (Å²) < 4.78 is 20.4. The van der Waals surface area contributed by atoms with Crippen LogP contribution in [0.4, 0.5) is 10.3 Å². The topological polar surface area (TPSA) is 66.0 Å². The number of imidazole rings is 1. The molecule has 20 heavy (non-hydrogen) atoms. The predicted molar refractivity (Wildman–Crippen MR) is 77.5 cm³/mol. The molecule has 2 heterocycles. The van der Waals surface area contributed by atoms with Gasteiger partial charge >= 0.3 is 0 Å². The molecule has 3 rings (SSSR count). The van der Waals surface area contributed by atoms with Crippen LogP contribution in [-0.2, 0) is 0 Å². The van der Waals surface area contributed by atoms with Crippen LogP contribution in [-0.4, -0.2) is 21.6 Å². The predicted octanol–water partition coefficient (Wildman–Crippen LogP) is 2.91. The van der Waals surface area contributed by atoms with Crippen molar-refractivity contribution in [1.29, 1.82) is 0 Å². The molecule has 0 atom stereocenters. The summed E-state index contributed by atoms with van der Waals surface area (Å²) in [6.45, 7) is 0. The number of ether oxygens (including phenoxy) is 1. The van der Waals surface area contributed by atoms with Crippen LogP contribution in [0.3, 0.4) is 0 Å². The van der Waals surface area contributed by atoms with Gasteiger partial charge in [0.1, 0.15) is 11.3 Å². The van der Waals surface area contributed by atoms with Crippen LogP contribution in [0.25, 0.3) is 16.9 Å². The zero-order valence-corrected chi connectivity index (χ0v) is 12.1. The second-order valence-corrected chi connectivity index (χ2v) is 4.95. The molecule has 2 aromatic heterocycles. The zero-order valence-electron chi connectivity index (χ0n) is 10.5. The normalized spacial score (nSPS) is 10.9. The lowest BCUT2D eigenvalue weighted by molar-refractivity contribution is 0.399. The van der Waals surface area contributed by atoms with E-state index < -0.39 is 0 Å². The Morgan fingerprint density at radius 2 is 2.05 bits per heavy atom. The summed E-state index contributed by atoms with van der Waals surface area (Å²) >= 11 is 3.15. The summed E-state index contributed by atoms with van der Waals surface area (Å²) in [4.78, 5) is 8.56. The number of pyridine rings is 1. The largest absolute Gasteiger partial charge is 0.481 e. The highest BCUT2D eigenvalue weighted by Gasteiger charge is 2.13. The second kappa shape index (κ2) is 4.75. The Balaban J connectivity index is 2.28. The Morgan fingerprint density at radius 3 is 2.75 bits per heavy atom. The maximum absolute atomic E-state index is 13.3. The minimum absolute atomic E-state index is 0.277. The van der Waals surface area contributed by atoms with Crippen molar-refractivity contribution in [3.05, 3.63) is 40.6 Å². The number of fused-ring (bicyclic) bond motifs is 1. The second-order valence-electron chi connectivity index (χ2n) is 4.10. The fraction of sp³-hybridized carbons (Fsp3) is 0.0769. The van der Waals surface area contributed by atoms with Crippen molar-refractivity contribution in [2.45, 2.75) is 0 Å². The van der Waals surface area contributed by atoms with Crippen LogP contribution >= 0.6 is 15.9 Å². The number of hydrogen-bond acceptors (Lipinski definition) is 4. The number of rotatable bonds is 2. The molecular formula is C13H10BrFN4O. The van der Waals surface area contributed by atoms with E-state index in [1.54, 1.807) is 28.8 Å². The van der Waals surface area contributed by atoms with E-state index in [0.29, 0.717) is 27.2 Å². The van der Waals surface area contributed by atoms with Crippen molar-refractivity contribution in [2.75, 3.05) is 12.8 Å². The minimum Gasteiger partial charge on any atom is -0.481 e. The van der Waals surface area contributed by atoms with E-state index in [-0.39, 0.29) is 11.8 Å². The van der Waals surface area contributed by atoms with Crippen LogP contribution in [0, 0.1) is 5.82 Å². The molecule has 0 saturated heterocycles. The van der Waals surface area contributed by atoms with Gasteiger partial charge in [-0.15, -0.1) is 0 Å². The van der Waals surface area contributed by atoms with Gasteiger partial charge in [0.05, 0.1) is 17.3 Å². The van der Waals surface area contributed by atoms with Gasteiger partial charge in [0.2, 0.25) is 11.8 Å². The van der Waals surface area contributed by atoms with Crippen LogP contribution in [0.2, 0.25) is 0 Å². The number of aromatic nitrogens is 3. The van der Waals surface area contributed by atoms with Gasteiger partial charge in [0.25, 0.3) is 0 Å². The van der Waals surface area contributed by atoms with Gasteiger partial charge in [-0.25, -0.2) is 9.37 Å². The quantitative estimate of drug-likeness (QED) is 0.781. The zero-order chi connectivity index (χ0) is 14.3. The molecule has 0 unspecified atom stereocenters. The summed E-state index contributed by atoms with van der Waals surface area (Å²) in [6.07, 6.45) is 0. The third kappa shape index (κ3) is 2.00. The molecule has 7 heteroatoms. The lowest BCUT2D eigenvalue weighted by Gasteiger charge is -2.07. The standard InChI is InChI=1S/C13H10BrFN4O/c1-20-11-5-4-10-12(18-11)19(13(16)17-10)7-2-3-9(15)8(14)6-7/h2-6H,1H3,(H2,16,17). The summed E-state index contributed by atoms with van der Waals surface area (Å²) in [6, 6.07) is 8.06. The lowest BCUT2D eigenvalue weighted by Crippen LogP contribution is -2.02. The van der Waals surface area contributed by atoms with E-state index in [1.807, 2.05) is 0 Å². The van der Waals surface area contributed by atoms with E-state index >= 15 is 0 Å². The van der Waals surface area contributed by atoms with Crippen LogP contribution in [0.15, 0.2) is 34.8 Å². The molecular weight excluding hydrogens is 327 g/mol. The number of hydrogen-bond donors (Lipinski definition) is 1. The summed E-state index contributed by atoms with van der Waals surface area (Å²) in [5, 5.41) is 0. The van der Waals surface area contributed by atoms with Gasteiger partial charge in [0, 0.05) is 6.07 Å². The van der Waals surface area contributed by atoms with Crippen molar-refractivity contribution in [3.8, 4) is 11.6 Å². The number of anilines is 1. The highest BCUT2D eigenvalue weighted by molar-refractivity contribution is 9.10. The molecule has 0 spiro atoms. The van der Waals surface area contributed by atoms with E-state index in [4.69, 9.17) is 10.5 Å². The Morgan fingerprint density at radius 1 is 1.25 bits per heavy atom. The Labute approximate surface area is 122 Å². The van der Waals surface area contributed by atoms with E-state index in [9.17, 15) is 4.39 Å².